The van der Waals surface area contributed by atoms with E-state index in [2.05, 4.69) is 12.2 Å². The summed E-state index contributed by atoms with van der Waals surface area (Å²) in [5, 5.41) is 0.600. The molecule has 3 aromatic carbocycles. The van der Waals surface area contributed by atoms with Crippen molar-refractivity contribution >= 4 is 40.2 Å². The van der Waals surface area contributed by atoms with Gasteiger partial charge < -0.3 is 9.47 Å². The van der Waals surface area contributed by atoms with Crippen LogP contribution in [-0.2, 0) is 14.3 Å². The Morgan fingerprint density at radius 3 is 2.21 bits per heavy atom. The molecule has 0 spiro atoms. The number of Topliss-reactive ketones (excluding diaryl/α,β-unsaturated/α-hetero) is 1. The van der Waals surface area contributed by atoms with Crippen LogP contribution in [0.4, 0.5) is 5.69 Å². The molecular weight excluding hydrogens is 532 g/mol. The van der Waals surface area contributed by atoms with Gasteiger partial charge in [-0.2, -0.15) is 0 Å². The summed E-state index contributed by atoms with van der Waals surface area (Å²) in [7, 11) is 1.54. The average Bonchev–Trinajstić information content (AvgIpc) is 3.72. The van der Waals surface area contributed by atoms with Crippen LogP contribution in [0.5, 0.6) is 5.75 Å². The van der Waals surface area contributed by atoms with Gasteiger partial charge in [0.1, 0.15) is 5.75 Å². The summed E-state index contributed by atoms with van der Waals surface area (Å²) in [4.78, 5) is 58.3. The zero-order valence-electron chi connectivity index (χ0n) is 22.7. The largest absolute Gasteiger partial charge is 0.497 e. The van der Waals surface area contributed by atoms with Gasteiger partial charge in [0, 0.05) is 16.5 Å². The molecule has 1 saturated carbocycles. The van der Waals surface area contributed by atoms with Crippen LogP contribution in [0.15, 0.2) is 91.0 Å². The molecule has 1 aliphatic heterocycles. The van der Waals surface area contributed by atoms with Crippen molar-refractivity contribution in [3.63, 3.8) is 0 Å². The van der Waals surface area contributed by atoms with Crippen LogP contribution in [0.2, 0.25) is 0 Å². The maximum Gasteiger partial charge on any atom is 0.339 e. The van der Waals surface area contributed by atoms with Crippen molar-refractivity contribution in [1.29, 1.82) is 0 Å². The Morgan fingerprint density at radius 1 is 0.881 bits per heavy atom. The average molecular weight is 559 g/mol. The molecule has 42 heavy (non-hydrogen) atoms. The van der Waals surface area contributed by atoms with Crippen LogP contribution in [0.25, 0.3) is 22.2 Å². The maximum absolute atomic E-state index is 13.2. The summed E-state index contributed by atoms with van der Waals surface area (Å²) in [5.41, 5.74) is 3.03. The van der Waals surface area contributed by atoms with Crippen molar-refractivity contribution in [3.8, 4) is 17.0 Å². The zero-order chi connectivity index (χ0) is 29.0. The summed E-state index contributed by atoms with van der Waals surface area (Å²) in [5.74, 6) is -0.855. The Labute approximate surface area is 241 Å². The lowest BCUT2D eigenvalue weighted by Gasteiger charge is -2.17. The number of ether oxygens (including phenoxy) is 2. The molecule has 1 saturated heterocycles. The van der Waals surface area contributed by atoms with E-state index in [1.165, 1.54) is 4.90 Å². The van der Waals surface area contributed by atoms with Gasteiger partial charge in [0.15, 0.2) is 12.4 Å². The second kappa shape index (κ2) is 10.1. The fourth-order valence-electron chi connectivity index (χ4n) is 6.50. The third kappa shape index (κ3) is 4.18. The van der Waals surface area contributed by atoms with Crippen LogP contribution in [0.3, 0.4) is 0 Å². The summed E-state index contributed by atoms with van der Waals surface area (Å²) in [6.07, 6.45) is 5.03. The molecule has 2 heterocycles. The van der Waals surface area contributed by atoms with Gasteiger partial charge in [-0.15, -0.1) is 0 Å². The van der Waals surface area contributed by atoms with Gasteiger partial charge in [0.2, 0.25) is 11.8 Å². The number of carbonyl (C=O) groups is 4. The minimum Gasteiger partial charge on any atom is -0.497 e. The molecule has 3 aliphatic rings. The first kappa shape index (κ1) is 25.8. The second-order valence-corrected chi connectivity index (χ2v) is 10.9. The molecule has 1 aromatic heterocycles. The molecule has 4 unspecified atom stereocenters. The lowest BCUT2D eigenvalue weighted by molar-refractivity contribution is -0.123. The molecule has 2 amide bonds. The SMILES string of the molecule is COc1ccc(C(=O)COC(=O)c2cc(-c3ccc(N4C(=O)C5C6C=CC(C6)C5C4=O)cc3)nc3ccccc23)cc1. The Morgan fingerprint density at radius 2 is 1.55 bits per heavy atom. The molecule has 2 fully saturated rings. The van der Waals surface area contributed by atoms with Gasteiger partial charge >= 0.3 is 5.97 Å². The second-order valence-electron chi connectivity index (χ2n) is 10.9. The van der Waals surface area contributed by atoms with Crippen LogP contribution in [0.1, 0.15) is 27.1 Å². The van der Waals surface area contributed by atoms with E-state index in [9.17, 15) is 19.2 Å². The summed E-state index contributed by atoms with van der Waals surface area (Å²) in [6, 6.07) is 22.5. The van der Waals surface area contributed by atoms with Gasteiger partial charge in [0.05, 0.1) is 41.4 Å². The standard InChI is InChI=1S/C34H26N2O6/c1-41-24-14-10-20(11-15-24)29(37)18-42-34(40)26-17-28(35-27-5-3-2-4-25(26)27)19-8-12-23(13-9-19)36-32(38)30-21-6-7-22(16-21)31(30)33(36)39/h2-15,17,21-22,30-31H,16,18H2,1H3. The number of pyridine rings is 1. The molecule has 0 radical (unpaired) electrons. The normalized spacial score (nSPS) is 22.1. The van der Waals surface area contributed by atoms with Crippen molar-refractivity contribution in [2.45, 2.75) is 6.42 Å². The quantitative estimate of drug-likeness (QED) is 0.132. The summed E-state index contributed by atoms with van der Waals surface area (Å²) >= 11 is 0. The van der Waals surface area contributed by atoms with E-state index in [-0.39, 0.29) is 46.8 Å². The van der Waals surface area contributed by atoms with Crippen LogP contribution in [-0.4, -0.2) is 42.3 Å². The molecule has 2 bridgehead atoms. The van der Waals surface area contributed by atoms with Gasteiger partial charge in [0.25, 0.3) is 0 Å². The van der Waals surface area contributed by atoms with Crippen molar-refractivity contribution in [2.75, 3.05) is 18.6 Å². The van der Waals surface area contributed by atoms with Crippen molar-refractivity contribution in [1.82, 2.24) is 4.98 Å². The number of ketones is 1. The predicted octanol–water partition coefficient (Wildman–Crippen LogP) is 5.26. The molecule has 8 nitrogen and oxygen atoms in total. The van der Waals surface area contributed by atoms with E-state index in [1.807, 2.05) is 6.07 Å². The van der Waals surface area contributed by atoms with Gasteiger partial charge in [-0.05, 0) is 66.8 Å². The predicted molar refractivity (Wildman–Crippen MR) is 155 cm³/mol. The number of imide groups is 1. The molecule has 4 atom stereocenters. The Kier molecular flexibility index (Phi) is 6.19. The first-order valence-corrected chi connectivity index (χ1v) is 13.8. The van der Waals surface area contributed by atoms with E-state index < -0.39 is 12.6 Å². The zero-order valence-corrected chi connectivity index (χ0v) is 22.7. The number of hydrogen-bond acceptors (Lipinski definition) is 7. The first-order valence-electron chi connectivity index (χ1n) is 13.8. The van der Waals surface area contributed by atoms with Crippen LogP contribution in [0, 0.1) is 23.7 Å². The monoisotopic (exact) mass is 558 g/mol. The van der Waals surface area contributed by atoms with Crippen molar-refractivity contribution in [3.05, 3.63) is 102 Å². The van der Waals surface area contributed by atoms with Gasteiger partial charge in [-0.25, -0.2) is 9.78 Å². The number of carbonyl (C=O) groups excluding carboxylic acids is 4. The van der Waals surface area contributed by atoms with E-state index in [1.54, 1.807) is 79.9 Å². The Hall–Kier alpha value is -5.11. The third-order valence-corrected chi connectivity index (χ3v) is 8.57. The number of benzene rings is 3. The number of para-hydroxylation sites is 1. The molecule has 8 heteroatoms. The van der Waals surface area contributed by atoms with Crippen molar-refractivity contribution < 1.29 is 28.7 Å². The number of esters is 1. The number of methoxy groups -OCH3 is 1. The summed E-state index contributed by atoms with van der Waals surface area (Å²) in [6.45, 7) is -0.414. The minimum absolute atomic E-state index is 0.132. The molecule has 2 aliphatic carbocycles. The van der Waals surface area contributed by atoms with Gasteiger partial charge in [-0.3, -0.25) is 19.3 Å². The highest BCUT2D eigenvalue weighted by molar-refractivity contribution is 6.22. The number of rotatable bonds is 7. The number of hydrogen-bond donors (Lipinski definition) is 0. The van der Waals surface area contributed by atoms with Crippen molar-refractivity contribution in [2.24, 2.45) is 23.7 Å². The number of fused-ring (bicyclic) bond motifs is 6. The van der Waals surface area contributed by atoms with E-state index in [0.29, 0.717) is 39.2 Å². The van der Waals surface area contributed by atoms with Crippen LogP contribution >= 0.6 is 0 Å². The van der Waals surface area contributed by atoms with E-state index >= 15 is 0 Å². The maximum atomic E-state index is 13.2. The lowest BCUT2D eigenvalue weighted by atomic mass is 9.85. The summed E-state index contributed by atoms with van der Waals surface area (Å²) < 4.78 is 10.6. The fourth-order valence-corrected chi connectivity index (χ4v) is 6.50. The smallest absolute Gasteiger partial charge is 0.339 e. The number of anilines is 1. The topological polar surface area (TPSA) is 103 Å². The molecule has 208 valence electrons. The Bertz CT molecular complexity index is 1760. The van der Waals surface area contributed by atoms with Gasteiger partial charge in [-0.1, -0.05) is 42.5 Å². The number of allylic oxidation sites excluding steroid dienone is 2. The highest BCUT2D eigenvalue weighted by Crippen LogP contribution is 2.53. The number of amides is 2. The first-order chi connectivity index (χ1) is 20.4. The van der Waals surface area contributed by atoms with E-state index in [0.717, 1.165) is 6.42 Å². The fraction of sp³-hybridized carbons (Fsp3) is 0.206. The Balaban J connectivity index is 1.13. The van der Waals surface area contributed by atoms with Crippen LogP contribution < -0.4 is 9.64 Å². The van der Waals surface area contributed by atoms with E-state index in [4.69, 9.17) is 14.5 Å². The number of aromatic nitrogens is 1. The molecule has 0 N–H and O–H groups in total. The highest BCUT2D eigenvalue weighted by atomic mass is 16.5. The molecule has 4 aromatic rings. The lowest BCUT2D eigenvalue weighted by Crippen LogP contribution is -2.32. The molecular formula is C34H26N2O6. The third-order valence-electron chi connectivity index (χ3n) is 8.57. The minimum atomic E-state index is -0.642. The number of nitrogens with zero attached hydrogens (tertiary/aromatic N) is 2. The highest BCUT2D eigenvalue weighted by Gasteiger charge is 2.59. The molecule has 7 rings (SSSR count).